The van der Waals surface area contributed by atoms with E-state index in [-0.39, 0.29) is 36.8 Å². The number of amides is 1. The van der Waals surface area contributed by atoms with Crippen LogP contribution in [-0.4, -0.2) is 73.0 Å². The van der Waals surface area contributed by atoms with Gasteiger partial charge in [0.25, 0.3) is 0 Å². The molecule has 3 aromatic rings. The molecule has 0 radical (unpaired) electrons. The van der Waals surface area contributed by atoms with Gasteiger partial charge in [-0.25, -0.2) is 18.4 Å². The Morgan fingerprint density at radius 1 is 1.10 bits per heavy atom. The predicted octanol–water partition coefficient (Wildman–Crippen LogP) is 4.03. The Bertz CT molecular complexity index is 1520. The molecule has 0 spiro atoms. The van der Waals surface area contributed by atoms with Crippen molar-refractivity contribution in [3.05, 3.63) is 42.0 Å². The number of methoxy groups -OCH3 is 1. The Labute approximate surface area is 248 Å². The van der Waals surface area contributed by atoms with Crippen LogP contribution in [0.25, 0.3) is 10.3 Å². The monoisotopic (exact) mass is 618 g/mol. The Hall–Kier alpha value is -3.62. The highest BCUT2D eigenvalue weighted by Gasteiger charge is 2.29. The highest BCUT2D eigenvalue weighted by atomic mass is 32.2. The van der Waals surface area contributed by atoms with Crippen LogP contribution in [-0.2, 0) is 29.1 Å². The summed E-state index contributed by atoms with van der Waals surface area (Å²) in [5.74, 6) is -1.68. The molecule has 0 bridgehead atoms. The van der Waals surface area contributed by atoms with Crippen molar-refractivity contribution in [1.29, 1.82) is 0 Å². The number of nitrogens with one attached hydrogen (secondary N) is 1. The van der Waals surface area contributed by atoms with Gasteiger partial charge in [-0.15, -0.1) is 0 Å². The fraction of sp³-hybridized carbons (Fsp3) is 0.464. The van der Waals surface area contributed by atoms with E-state index in [1.807, 2.05) is 0 Å². The fourth-order valence-corrected chi connectivity index (χ4v) is 6.86. The fourth-order valence-electron chi connectivity index (χ4n) is 4.88. The van der Waals surface area contributed by atoms with Crippen molar-refractivity contribution in [1.82, 2.24) is 14.3 Å². The number of esters is 1. The van der Waals surface area contributed by atoms with E-state index in [2.05, 4.69) is 15.3 Å². The number of ether oxygens (including phenoxy) is 2. The number of aromatic nitrogens is 2. The second-order valence-electron chi connectivity index (χ2n) is 10.1. The number of carboxylic acid groups (broad SMARTS) is 1. The third kappa shape index (κ3) is 8.01. The van der Waals surface area contributed by atoms with E-state index in [0.29, 0.717) is 39.3 Å². The molecule has 1 aromatic carbocycles. The summed E-state index contributed by atoms with van der Waals surface area (Å²) >= 11 is 1.26. The molecule has 1 amide bonds. The van der Waals surface area contributed by atoms with Gasteiger partial charge in [0, 0.05) is 19.7 Å². The topological polar surface area (TPSA) is 165 Å². The number of pyridine rings is 1. The van der Waals surface area contributed by atoms with E-state index in [1.165, 1.54) is 37.6 Å². The molecule has 1 aliphatic rings. The summed E-state index contributed by atoms with van der Waals surface area (Å²) < 4.78 is 37.4. The zero-order valence-electron chi connectivity index (χ0n) is 23.4. The van der Waals surface area contributed by atoms with Crippen molar-refractivity contribution in [2.24, 2.45) is 5.92 Å². The summed E-state index contributed by atoms with van der Waals surface area (Å²) in [5, 5.41) is 12.0. The Morgan fingerprint density at radius 3 is 2.48 bits per heavy atom. The normalized spacial score (nSPS) is 14.6. The lowest BCUT2D eigenvalue weighted by Gasteiger charge is -2.21. The molecular formula is C28H34N4O8S2. The van der Waals surface area contributed by atoms with E-state index in [1.54, 1.807) is 24.3 Å². The average Bonchev–Trinajstić information content (AvgIpc) is 3.63. The molecule has 12 nitrogen and oxygen atoms in total. The van der Waals surface area contributed by atoms with Crippen molar-refractivity contribution in [2.75, 3.05) is 32.6 Å². The van der Waals surface area contributed by atoms with Crippen molar-refractivity contribution in [2.45, 2.75) is 55.8 Å². The first-order valence-corrected chi connectivity index (χ1v) is 15.9. The second kappa shape index (κ2) is 14.0. The maximum Gasteiger partial charge on any atom is 0.306 e. The molecule has 1 unspecified atom stereocenters. The first-order chi connectivity index (χ1) is 20.1. The zero-order valence-corrected chi connectivity index (χ0v) is 25.1. The number of carbonyl (C=O) groups excluding carboxylic acids is 2. The van der Waals surface area contributed by atoms with Gasteiger partial charge < -0.3 is 19.9 Å². The molecule has 1 atom stereocenters. The predicted molar refractivity (Wildman–Crippen MR) is 156 cm³/mol. The number of sulfonamides is 1. The minimum Gasteiger partial charge on any atom is -0.481 e. The Kier molecular flexibility index (Phi) is 10.5. The highest BCUT2D eigenvalue weighted by Crippen LogP contribution is 2.36. The van der Waals surface area contributed by atoms with Crippen LogP contribution in [0.5, 0.6) is 5.88 Å². The number of thiazole rings is 1. The molecule has 0 aliphatic heterocycles. The first kappa shape index (κ1) is 31.3. The van der Waals surface area contributed by atoms with Crippen molar-refractivity contribution >= 4 is 54.7 Å². The highest BCUT2D eigenvalue weighted by molar-refractivity contribution is 7.89. The van der Waals surface area contributed by atoms with Gasteiger partial charge in [-0.2, -0.15) is 4.31 Å². The molecule has 42 heavy (non-hydrogen) atoms. The molecule has 4 rings (SSSR count). The maximum absolute atomic E-state index is 13.6. The third-order valence-electron chi connectivity index (χ3n) is 7.23. The van der Waals surface area contributed by atoms with E-state index in [0.717, 1.165) is 30.0 Å². The van der Waals surface area contributed by atoms with Gasteiger partial charge in [-0.3, -0.25) is 14.4 Å². The summed E-state index contributed by atoms with van der Waals surface area (Å²) in [6.07, 6.45) is 4.35. The van der Waals surface area contributed by atoms with Crippen molar-refractivity contribution in [3.8, 4) is 5.88 Å². The van der Waals surface area contributed by atoms with Crippen LogP contribution < -0.4 is 10.1 Å². The number of anilines is 1. The number of nitrogens with zero attached hydrogens (tertiary/aromatic N) is 3. The maximum atomic E-state index is 13.6. The molecule has 1 saturated carbocycles. The number of rotatable bonds is 14. The van der Waals surface area contributed by atoms with E-state index < -0.39 is 27.9 Å². The number of aliphatic carboxylic acids is 1. The number of carbonyl (C=O) groups is 3. The lowest BCUT2D eigenvalue weighted by Crippen LogP contribution is -2.31. The standard InChI is InChI=1S/C28H34N4O8S2/c1-32(15-16-40-25(35)14-13-24(33)34)42(37,38)20-9-7-19(8-10-20)21(17-18-5-3-4-6-18)26(36)31-28-29-22-11-12-23(39-2)30-27(22)41-28/h7-12,18,21H,3-6,13-17H2,1-2H3,(H,33,34)(H,29,31,36). The first-order valence-electron chi connectivity index (χ1n) is 13.6. The molecule has 2 N–H and O–H groups in total. The lowest BCUT2D eigenvalue weighted by atomic mass is 9.87. The van der Waals surface area contributed by atoms with Crippen molar-refractivity contribution in [3.63, 3.8) is 0 Å². The number of fused-ring (bicyclic) bond motifs is 1. The Morgan fingerprint density at radius 2 is 1.81 bits per heavy atom. The number of hydrogen-bond donors (Lipinski definition) is 2. The van der Waals surface area contributed by atoms with Gasteiger partial charge in [-0.05, 0) is 36.1 Å². The molecule has 14 heteroatoms. The molecule has 1 fully saturated rings. The van der Waals surface area contributed by atoms with E-state index in [4.69, 9.17) is 14.6 Å². The van der Waals surface area contributed by atoms with Crippen LogP contribution in [0.2, 0.25) is 0 Å². The van der Waals surface area contributed by atoms with E-state index in [9.17, 15) is 22.8 Å². The van der Waals surface area contributed by atoms with Gasteiger partial charge in [0.1, 0.15) is 17.0 Å². The molecule has 226 valence electrons. The van der Waals surface area contributed by atoms with Crippen LogP contribution in [0.3, 0.4) is 0 Å². The summed E-state index contributed by atoms with van der Waals surface area (Å²) in [6, 6.07) is 9.76. The minimum absolute atomic E-state index is 0.0390. The molecule has 1 aliphatic carbocycles. The summed E-state index contributed by atoms with van der Waals surface area (Å²) in [5.41, 5.74) is 1.35. The quantitative estimate of drug-likeness (QED) is 0.252. The number of hydrogen-bond acceptors (Lipinski definition) is 10. The zero-order chi connectivity index (χ0) is 30.3. The Balaban J connectivity index is 1.45. The van der Waals surface area contributed by atoms with Gasteiger partial charge in [0.2, 0.25) is 21.8 Å². The number of carboxylic acids is 1. The van der Waals surface area contributed by atoms with Crippen molar-refractivity contribution < 1.29 is 37.4 Å². The second-order valence-corrected chi connectivity index (χ2v) is 13.2. The van der Waals surface area contributed by atoms with Gasteiger partial charge >= 0.3 is 11.9 Å². The minimum atomic E-state index is -3.90. The summed E-state index contributed by atoms with van der Waals surface area (Å²) in [4.78, 5) is 45.3. The summed E-state index contributed by atoms with van der Waals surface area (Å²) in [7, 11) is -0.995. The van der Waals surface area contributed by atoms with Crippen LogP contribution in [0.1, 0.15) is 56.4 Å². The molecule has 2 heterocycles. The number of likely N-dealkylation sites (N-methyl/N-ethyl adjacent to an activating group) is 1. The van der Waals surface area contributed by atoms with E-state index >= 15 is 0 Å². The van der Waals surface area contributed by atoms with Crippen LogP contribution >= 0.6 is 11.3 Å². The smallest absolute Gasteiger partial charge is 0.306 e. The molecule has 2 aromatic heterocycles. The van der Waals surface area contributed by atoms with Crippen LogP contribution in [0, 0.1) is 5.92 Å². The van der Waals surface area contributed by atoms with Gasteiger partial charge in [0.05, 0.1) is 30.8 Å². The SMILES string of the molecule is COc1ccc2nc(NC(=O)C(CC3CCCC3)c3ccc(S(=O)(=O)N(C)CCOC(=O)CCC(=O)O)cc3)sc2n1. The van der Waals surface area contributed by atoms with Crippen LogP contribution in [0.15, 0.2) is 41.3 Å². The van der Waals surface area contributed by atoms with Gasteiger partial charge in [0.15, 0.2) is 5.13 Å². The average molecular weight is 619 g/mol. The largest absolute Gasteiger partial charge is 0.481 e. The third-order valence-corrected chi connectivity index (χ3v) is 9.98. The molecule has 0 saturated heterocycles. The molecular weight excluding hydrogens is 584 g/mol. The lowest BCUT2D eigenvalue weighted by molar-refractivity contribution is -0.147. The van der Waals surface area contributed by atoms with Crippen LogP contribution in [0.4, 0.5) is 5.13 Å². The van der Waals surface area contributed by atoms with Gasteiger partial charge in [-0.1, -0.05) is 49.2 Å². The summed E-state index contributed by atoms with van der Waals surface area (Å²) in [6.45, 7) is -0.303. The number of benzene rings is 1.